The first-order valence-corrected chi connectivity index (χ1v) is 8.86. The van der Waals surface area contributed by atoms with Gasteiger partial charge in [0.2, 0.25) is 0 Å². The van der Waals surface area contributed by atoms with Gasteiger partial charge in [-0.1, -0.05) is 29.3 Å². The molecular formula is C16H10Br2Cl2O4. The SMILES string of the molecule is COC(=O)c1cc(Cl)c(COC(=O)c2c(Cl)cccc2Br)cc1Br. The van der Waals surface area contributed by atoms with Crippen molar-refractivity contribution in [3.8, 4) is 0 Å². The lowest BCUT2D eigenvalue weighted by molar-refractivity contribution is 0.0470. The summed E-state index contributed by atoms with van der Waals surface area (Å²) in [4.78, 5) is 23.8. The van der Waals surface area contributed by atoms with Gasteiger partial charge in [-0.15, -0.1) is 0 Å². The average molecular weight is 497 g/mol. The van der Waals surface area contributed by atoms with E-state index < -0.39 is 11.9 Å². The molecule has 0 fully saturated rings. The molecule has 0 aliphatic rings. The van der Waals surface area contributed by atoms with Gasteiger partial charge in [0.1, 0.15) is 6.61 Å². The van der Waals surface area contributed by atoms with Crippen LogP contribution in [0.5, 0.6) is 0 Å². The number of rotatable bonds is 4. The molecule has 0 N–H and O–H groups in total. The molecule has 0 aliphatic heterocycles. The maximum absolute atomic E-state index is 12.2. The Bertz CT molecular complexity index is 789. The van der Waals surface area contributed by atoms with Crippen molar-refractivity contribution in [2.24, 2.45) is 0 Å². The highest BCUT2D eigenvalue weighted by Gasteiger charge is 2.18. The summed E-state index contributed by atoms with van der Waals surface area (Å²) in [5.41, 5.74) is 1.06. The van der Waals surface area contributed by atoms with E-state index in [2.05, 4.69) is 36.6 Å². The molecule has 0 heterocycles. The van der Waals surface area contributed by atoms with Crippen LogP contribution in [0.2, 0.25) is 10.0 Å². The zero-order chi connectivity index (χ0) is 17.9. The van der Waals surface area contributed by atoms with Gasteiger partial charge in [0.25, 0.3) is 0 Å². The number of ether oxygens (including phenoxy) is 2. The van der Waals surface area contributed by atoms with Crippen molar-refractivity contribution >= 4 is 67.0 Å². The van der Waals surface area contributed by atoms with Gasteiger partial charge < -0.3 is 9.47 Å². The first-order chi connectivity index (χ1) is 11.3. The van der Waals surface area contributed by atoms with E-state index in [1.807, 2.05) is 0 Å². The first kappa shape index (κ1) is 19.2. The zero-order valence-electron chi connectivity index (χ0n) is 12.2. The van der Waals surface area contributed by atoms with Crippen LogP contribution >= 0.6 is 55.1 Å². The molecule has 0 unspecified atom stereocenters. The third-order valence-electron chi connectivity index (χ3n) is 3.07. The lowest BCUT2D eigenvalue weighted by Crippen LogP contribution is -2.08. The molecule has 0 atom stereocenters. The number of carbonyl (C=O) groups excluding carboxylic acids is 2. The minimum Gasteiger partial charge on any atom is -0.465 e. The van der Waals surface area contributed by atoms with Crippen molar-refractivity contribution in [2.45, 2.75) is 6.61 Å². The van der Waals surface area contributed by atoms with E-state index in [1.54, 1.807) is 24.3 Å². The zero-order valence-corrected chi connectivity index (χ0v) is 16.9. The third kappa shape index (κ3) is 4.30. The number of carbonyl (C=O) groups is 2. The van der Waals surface area contributed by atoms with Crippen molar-refractivity contribution in [2.75, 3.05) is 7.11 Å². The van der Waals surface area contributed by atoms with Crippen LogP contribution < -0.4 is 0 Å². The van der Waals surface area contributed by atoms with Gasteiger partial charge in [-0.3, -0.25) is 0 Å². The molecule has 8 heteroatoms. The second-order valence-corrected chi connectivity index (χ2v) is 7.11. The van der Waals surface area contributed by atoms with Crippen LogP contribution in [0, 0.1) is 0 Å². The molecule has 0 saturated heterocycles. The Hall–Kier alpha value is -1.08. The van der Waals surface area contributed by atoms with Crippen LogP contribution in [0.3, 0.4) is 0 Å². The van der Waals surface area contributed by atoms with Crippen LogP contribution in [-0.2, 0) is 16.1 Å². The molecule has 0 amide bonds. The summed E-state index contributed by atoms with van der Waals surface area (Å²) >= 11 is 18.7. The summed E-state index contributed by atoms with van der Waals surface area (Å²) < 4.78 is 11.0. The normalized spacial score (nSPS) is 10.4. The fourth-order valence-corrected chi connectivity index (χ4v) is 3.54. The van der Waals surface area contributed by atoms with Gasteiger partial charge in [-0.2, -0.15) is 0 Å². The summed E-state index contributed by atoms with van der Waals surface area (Å²) in [6.07, 6.45) is 0. The number of benzene rings is 2. The topological polar surface area (TPSA) is 52.6 Å². The van der Waals surface area contributed by atoms with E-state index >= 15 is 0 Å². The lowest BCUT2D eigenvalue weighted by atomic mass is 10.1. The maximum Gasteiger partial charge on any atom is 0.341 e. The maximum atomic E-state index is 12.2. The lowest BCUT2D eigenvalue weighted by Gasteiger charge is -2.11. The fraction of sp³-hybridized carbons (Fsp3) is 0.125. The molecule has 0 spiro atoms. The molecule has 2 aromatic rings. The fourth-order valence-electron chi connectivity index (χ4n) is 1.87. The number of methoxy groups -OCH3 is 1. The van der Waals surface area contributed by atoms with Crippen molar-refractivity contribution in [3.05, 3.63) is 66.0 Å². The second-order valence-electron chi connectivity index (χ2n) is 4.59. The standard InChI is InChI=1S/C16H10Br2Cl2O4/c1-23-15(21)9-6-13(20)8(5-11(9)18)7-24-16(22)14-10(17)3-2-4-12(14)19/h2-6H,7H2,1H3. The molecule has 24 heavy (non-hydrogen) atoms. The van der Waals surface area contributed by atoms with Crippen LogP contribution in [0.4, 0.5) is 0 Å². The molecule has 0 bridgehead atoms. The summed E-state index contributed by atoms with van der Waals surface area (Å²) in [5.74, 6) is -1.11. The third-order valence-corrected chi connectivity index (χ3v) is 5.05. The molecular weight excluding hydrogens is 487 g/mol. The molecule has 0 radical (unpaired) electrons. The minimum atomic E-state index is -0.586. The first-order valence-electron chi connectivity index (χ1n) is 6.52. The smallest absolute Gasteiger partial charge is 0.341 e. The highest BCUT2D eigenvalue weighted by molar-refractivity contribution is 9.10. The van der Waals surface area contributed by atoms with E-state index in [9.17, 15) is 9.59 Å². The van der Waals surface area contributed by atoms with Crippen molar-refractivity contribution in [1.82, 2.24) is 0 Å². The summed E-state index contributed by atoms with van der Waals surface area (Å²) in [5, 5.41) is 0.562. The minimum absolute atomic E-state index is 0.0740. The van der Waals surface area contributed by atoms with Gasteiger partial charge >= 0.3 is 11.9 Å². The Labute approximate surface area is 165 Å². The van der Waals surface area contributed by atoms with E-state index in [1.165, 1.54) is 13.2 Å². The van der Waals surface area contributed by atoms with E-state index in [0.717, 1.165) is 0 Å². The molecule has 2 rings (SSSR count). The van der Waals surface area contributed by atoms with Crippen molar-refractivity contribution in [1.29, 1.82) is 0 Å². The Morgan fingerprint density at radius 2 is 1.75 bits per heavy atom. The summed E-state index contributed by atoms with van der Waals surface area (Å²) in [6.45, 7) is -0.0740. The Morgan fingerprint density at radius 3 is 2.38 bits per heavy atom. The van der Waals surface area contributed by atoms with Gasteiger partial charge in [0, 0.05) is 19.5 Å². The van der Waals surface area contributed by atoms with Crippen LogP contribution in [0.15, 0.2) is 39.3 Å². The van der Waals surface area contributed by atoms with Crippen molar-refractivity contribution < 1.29 is 19.1 Å². The Balaban J connectivity index is 2.19. The summed E-state index contributed by atoms with van der Waals surface area (Å²) in [6, 6.07) is 8.05. The predicted octanol–water partition coefficient (Wildman–Crippen LogP) is 5.66. The molecule has 4 nitrogen and oxygen atoms in total. The van der Waals surface area contributed by atoms with Crippen molar-refractivity contribution in [3.63, 3.8) is 0 Å². The van der Waals surface area contributed by atoms with E-state index in [0.29, 0.717) is 14.5 Å². The number of esters is 2. The number of hydrogen-bond acceptors (Lipinski definition) is 4. The molecule has 2 aromatic carbocycles. The van der Waals surface area contributed by atoms with Gasteiger partial charge in [-0.25, -0.2) is 9.59 Å². The Kier molecular flexibility index (Phi) is 6.69. The summed E-state index contributed by atoms with van der Waals surface area (Å²) in [7, 11) is 1.28. The molecule has 0 saturated carbocycles. The molecule has 0 aliphatic carbocycles. The number of hydrogen-bond donors (Lipinski definition) is 0. The van der Waals surface area contributed by atoms with E-state index in [4.69, 9.17) is 27.9 Å². The second kappa shape index (κ2) is 8.34. The Morgan fingerprint density at radius 1 is 1.04 bits per heavy atom. The average Bonchev–Trinajstić information content (AvgIpc) is 2.54. The van der Waals surface area contributed by atoms with Gasteiger partial charge in [0.05, 0.1) is 23.3 Å². The monoisotopic (exact) mass is 494 g/mol. The molecule has 0 aromatic heterocycles. The molecule has 126 valence electrons. The quantitative estimate of drug-likeness (QED) is 0.512. The van der Waals surface area contributed by atoms with Crippen LogP contribution in [0.25, 0.3) is 0 Å². The van der Waals surface area contributed by atoms with Crippen LogP contribution in [-0.4, -0.2) is 19.0 Å². The van der Waals surface area contributed by atoms with Gasteiger partial charge in [0.15, 0.2) is 0 Å². The largest absolute Gasteiger partial charge is 0.465 e. The predicted molar refractivity (Wildman–Crippen MR) is 98.8 cm³/mol. The highest BCUT2D eigenvalue weighted by atomic mass is 79.9. The highest BCUT2D eigenvalue weighted by Crippen LogP contribution is 2.29. The van der Waals surface area contributed by atoms with Gasteiger partial charge in [-0.05, 0) is 56.1 Å². The van der Waals surface area contributed by atoms with Crippen LogP contribution in [0.1, 0.15) is 26.3 Å². The van der Waals surface area contributed by atoms with E-state index in [-0.39, 0.29) is 27.8 Å². The number of halogens is 4.